The van der Waals surface area contributed by atoms with E-state index in [9.17, 15) is 9.59 Å². The Morgan fingerprint density at radius 3 is 2.60 bits per heavy atom. The maximum atomic E-state index is 13.5. The third kappa shape index (κ3) is 5.91. The maximum Gasteiger partial charge on any atom is 0.251 e. The molecule has 6 rings (SSSR count). The number of nitrogens with two attached hydrogens (primary N) is 1. The largest absolute Gasteiger partial charge is 0.396 e. The van der Waals surface area contributed by atoms with Crippen molar-refractivity contribution in [3.63, 3.8) is 0 Å². The maximum absolute atomic E-state index is 13.5. The highest BCUT2D eigenvalue weighted by atomic mass is 32.1. The van der Waals surface area contributed by atoms with Gasteiger partial charge < -0.3 is 16.4 Å². The fourth-order valence-corrected chi connectivity index (χ4v) is 5.95. The Morgan fingerprint density at radius 2 is 1.88 bits per heavy atom. The molecule has 4 N–H and O–H groups in total. The Labute approximate surface area is 237 Å². The quantitative estimate of drug-likeness (QED) is 0.317. The summed E-state index contributed by atoms with van der Waals surface area (Å²) in [5.41, 5.74) is 9.61. The average molecular weight is 551 g/mol. The van der Waals surface area contributed by atoms with Gasteiger partial charge in [-0.05, 0) is 77.5 Å². The Morgan fingerprint density at radius 1 is 1.10 bits per heavy atom. The molecule has 2 aromatic carbocycles. The second-order valence-electron chi connectivity index (χ2n) is 9.95. The number of allylic oxidation sites excluding steroid dienone is 2. The van der Waals surface area contributed by atoms with Gasteiger partial charge in [-0.15, -0.1) is 11.3 Å². The van der Waals surface area contributed by atoms with Crippen LogP contribution in [0.15, 0.2) is 71.4 Å². The van der Waals surface area contributed by atoms with Gasteiger partial charge in [-0.1, -0.05) is 48.4 Å². The van der Waals surface area contributed by atoms with E-state index in [1.165, 1.54) is 44.7 Å². The lowest BCUT2D eigenvalue weighted by molar-refractivity contribution is -0.120. The standard InChI is InChI=1S/C30H27N3O2S.C2H3NO/c34-26(31-16-4-9-27-32-17-18-36-27)19-22-5-1-2-7-23(22)29(35)33-30(14-15-30)25-13-12-21-11-10-20-6-3-8-24(25)28(20)21;3-1-2-4/h3,5-8,12-13,17-18H,1-2,10-11,14-16,19H2,(H,31,34)(H,33,35);1H,3H2. The molecule has 1 heterocycles. The van der Waals surface area contributed by atoms with Crippen LogP contribution in [-0.4, -0.2) is 29.3 Å². The van der Waals surface area contributed by atoms with Gasteiger partial charge >= 0.3 is 0 Å². The lowest BCUT2D eigenvalue weighted by Crippen LogP contribution is -2.37. The minimum Gasteiger partial charge on any atom is -0.396 e. The number of benzene rings is 2. The van der Waals surface area contributed by atoms with Crippen LogP contribution in [0.1, 0.15) is 53.8 Å². The summed E-state index contributed by atoms with van der Waals surface area (Å²) in [5, 5.41) is 11.5. The first-order valence-electron chi connectivity index (χ1n) is 13.4. The van der Waals surface area contributed by atoms with Crippen molar-refractivity contribution in [3.8, 4) is 11.8 Å². The number of carbonyl (C=O) groups excluding carboxylic acids is 3. The summed E-state index contributed by atoms with van der Waals surface area (Å²) in [6.45, 7) is 0.255. The number of amides is 2. The van der Waals surface area contributed by atoms with E-state index in [0.717, 1.165) is 55.3 Å². The van der Waals surface area contributed by atoms with Gasteiger partial charge in [-0.3, -0.25) is 9.59 Å². The van der Waals surface area contributed by atoms with E-state index >= 15 is 0 Å². The number of aryl methyl sites for hydroxylation is 2. The zero-order valence-corrected chi connectivity index (χ0v) is 22.9. The molecule has 3 aromatic rings. The molecule has 0 bridgehead atoms. The zero-order valence-electron chi connectivity index (χ0n) is 22.1. The predicted molar refractivity (Wildman–Crippen MR) is 157 cm³/mol. The van der Waals surface area contributed by atoms with E-state index in [-0.39, 0.29) is 30.3 Å². The summed E-state index contributed by atoms with van der Waals surface area (Å²) < 4.78 is 0. The summed E-state index contributed by atoms with van der Waals surface area (Å²) in [6, 6.07) is 11.0. The highest BCUT2D eigenvalue weighted by Crippen LogP contribution is 2.49. The minimum atomic E-state index is -0.325. The van der Waals surface area contributed by atoms with Gasteiger partial charge in [0.2, 0.25) is 5.91 Å². The number of carbonyl (C=O) groups is 2. The van der Waals surface area contributed by atoms with Crippen molar-refractivity contribution in [1.29, 1.82) is 0 Å². The average Bonchev–Trinajstić information content (AvgIpc) is 3.34. The Bertz CT molecular complexity index is 1600. The van der Waals surface area contributed by atoms with Crippen molar-refractivity contribution >= 4 is 39.9 Å². The van der Waals surface area contributed by atoms with E-state index in [4.69, 9.17) is 4.79 Å². The number of hydrogen-bond acceptors (Lipinski definition) is 6. The van der Waals surface area contributed by atoms with Crippen LogP contribution in [0.2, 0.25) is 0 Å². The Balaban J connectivity index is 0.000000758. The molecule has 7 nitrogen and oxygen atoms in total. The molecule has 1 saturated carbocycles. The van der Waals surface area contributed by atoms with Crippen molar-refractivity contribution < 1.29 is 14.4 Å². The summed E-state index contributed by atoms with van der Waals surface area (Å²) >= 11 is 1.47. The smallest absolute Gasteiger partial charge is 0.251 e. The second-order valence-corrected chi connectivity index (χ2v) is 10.8. The number of nitrogens with zero attached hydrogens (tertiary/aromatic N) is 1. The highest BCUT2D eigenvalue weighted by molar-refractivity contribution is 7.10. The van der Waals surface area contributed by atoms with Crippen LogP contribution in [-0.2, 0) is 32.8 Å². The van der Waals surface area contributed by atoms with Gasteiger partial charge in [0.15, 0.2) is 5.01 Å². The summed E-state index contributed by atoms with van der Waals surface area (Å²) in [5.74, 6) is 6.97. The molecule has 0 aliphatic heterocycles. The minimum absolute atomic E-state index is 0.0851. The fraction of sp³-hybridized carbons (Fsp3) is 0.281. The number of thiazole rings is 1. The molecule has 40 heavy (non-hydrogen) atoms. The fourth-order valence-electron chi connectivity index (χ4n) is 5.45. The monoisotopic (exact) mass is 550 g/mol. The van der Waals surface area contributed by atoms with Crippen LogP contribution < -0.4 is 16.4 Å². The first-order chi connectivity index (χ1) is 19.5. The second kappa shape index (κ2) is 12.2. The predicted octanol–water partition coefficient (Wildman–Crippen LogP) is 4.00. The summed E-state index contributed by atoms with van der Waals surface area (Å²) in [4.78, 5) is 39.1. The van der Waals surface area contributed by atoms with E-state index in [0.29, 0.717) is 5.57 Å². The molecule has 8 heteroatoms. The van der Waals surface area contributed by atoms with Crippen LogP contribution in [0.5, 0.6) is 0 Å². The molecule has 1 aromatic heterocycles. The van der Waals surface area contributed by atoms with E-state index in [1.54, 1.807) is 6.20 Å². The molecule has 3 aliphatic rings. The molecular weight excluding hydrogens is 520 g/mol. The highest BCUT2D eigenvalue weighted by Gasteiger charge is 2.47. The Kier molecular flexibility index (Phi) is 8.26. The summed E-state index contributed by atoms with van der Waals surface area (Å²) in [7, 11) is 0. The molecule has 2 amide bonds. The lowest BCUT2D eigenvalue weighted by atomic mass is 9.91. The molecule has 0 radical (unpaired) electrons. The van der Waals surface area contributed by atoms with Crippen LogP contribution in [0.25, 0.3) is 10.8 Å². The molecule has 0 saturated heterocycles. The van der Waals surface area contributed by atoms with Gasteiger partial charge in [-0.2, -0.15) is 0 Å². The number of hydrogen-bond donors (Lipinski definition) is 3. The van der Waals surface area contributed by atoms with Gasteiger partial charge in [0.25, 0.3) is 5.91 Å². The number of rotatable bonds is 6. The van der Waals surface area contributed by atoms with Crippen molar-refractivity contribution in [1.82, 2.24) is 15.6 Å². The van der Waals surface area contributed by atoms with Crippen LogP contribution in [0, 0.1) is 11.8 Å². The first-order valence-corrected chi connectivity index (χ1v) is 14.2. The molecule has 1 fully saturated rings. The molecule has 0 atom stereocenters. The van der Waals surface area contributed by atoms with E-state index in [1.807, 2.05) is 17.5 Å². The molecule has 202 valence electrons. The van der Waals surface area contributed by atoms with Crippen molar-refractivity contribution in [2.75, 3.05) is 6.54 Å². The number of aromatic nitrogens is 1. The zero-order chi connectivity index (χ0) is 28.0. The van der Waals surface area contributed by atoms with Crippen molar-refractivity contribution in [3.05, 3.63) is 93.1 Å². The van der Waals surface area contributed by atoms with Gasteiger partial charge in [0.05, 0.1) is 24.7 Å². The number of nitrogens with one attached hydrogen (secondary N) is 2. The third-order valence-corrected chi connectivity index (χ3v) is 8.10. The molecule has 0 spiro atoms. The molecule has 0 unspecified atom stereocenters. The Hall–Kier alpha value is -4.44. The van der Waals surface area contributed by atoms with E-state index in [2.05, 4.69) is 63.5 Å². The van der Waals surface area contributed by atoms with Crippen LogP contribution >= 0.6 is 11.3 Å². The first kappa shape index (κ1) is 27.1. The van der Waals surface area contributed by atoms with Gasteiger partial charge in [0.1, 0.15) is 5.94 Å². The lowest BCUT2D eigenvalue weighted by Gasteiger charge is -2.23. The molecular formula is C32H30N4O3S. The van der Waals surface area contributed by atoms with E-state index < -0.39 is 0 Å². The van der Waals surface area contributed by atoms with Crippen LogP contribution in [0.3, 0.4) is 0 Å². The SMILES string of the molecule is NC=C=O.O=C(CC1=CCCC=C1C(=O)NC1(c2ccc3c4c(cccc24)CC3)CC1)NCC#Cc1nccs1. The third-order valence-electron chi connectivity index (χ3n) is 7.41. The van der Waals surface area contributed by atoms with Crippen molar-refractivity contribution in [2.24, 2.45) is 5.73 Å². The van der Waals surface area contributed by atoms with Gasteiger partial charge in [0, 0.05) is 17.2 Å². The van der Waals surface area contributed by atoms with Gasteiger partial charge in [-0.25, -0.2) is 9.78 Å². The normalized spacial score (nSPS) is 15.7. The summed E-state index contributed by atoms with van der Waals surface area (Å²) in [6.07, 6.45) is 12.4. The molecule has 3 aliphatic carbocycles. The van der Waals surface area contributed by atoms with Crippen molar-refractivity contribution in [2.45, 2.75) is 50.5 Å². The topological polar surface area (TPSA) is 114 Å². The van der Waals surface area contributed by atoms with Crippen LogP contribution in [0.4, 0.5) is 0 Å².